The van der Waals surface area contributed by atoms with Gasteiger partial charge in [-0.15, -0.1) is 0 Å². The fraction of sp³-hybridized carbons (Fsp3) is 0.250. The molecule has 0 saturated carbocycles. The van der Waals surface area contributed by atoms with Crippen LogP contribution in [0.4, 0.5) is 0 Å². The van der Waals surface area contributed by atoms with E-state index in [0.29, 0.717) is 10.9 Å². The van der Waals surface area contributed by atoms with Crippen LogP contribution < -0.4 is 5.32 Å². The predicted molar refractivity (Wildman–Crippen MR) is 62.6 cm³/mol. The van der Waals surface area contributed by atoms with Crippen LogP contribution in [-0.4, -0.2) is 18.1 Å². The number of nitrogens with zero attached hydrogens (tertiary/aromatic N) is 1. The molecule has 2 heterocycles. The van der Waals surface area contributed by atoms with Crippen molar-refractivity contribution >= 4 is 11.6 Å². The van der Waals surface area contributed by atoms with E-state index in [-0.39, 0.29) is 0 Å². The van der Waals surface area contributed by atoms with Gasteiger partial charge >= 0.3 is 0 Å². The summed E-state index contributed by atoms with van der Waals surface area (Å²) in [6.07, 6.45) is 1.69. The molecule has 2 aromatic rings. The first-order valence-corrected chi connectivity index (χ1v) is 5.63. The topological polar surface area (TPSA) is 38.1 Å². The Morgan fingerprint density at radius 1 is 1.38 bits per heavy atom. The van der Waals surface area contributed by atoms with Crippen LogP contribution in [0, 0.1) is 0 Å². The standard InChI is InChI=1S/C12H11ClN2O/c13-10-3-1-2-8(4-10)11-7-16-12(15-11)9-5-14-6-9/h1-4,7,9,14H,5-6H2. The Labute approximate surface area is 98.4 Å². The highest BCUT2D eigenvalue weighted by Gasteiger charge is 2.23. The van der Waals surface area contributed by atoms with Crippen LogP contribution >= 0.6 is 11.6 Å². The number of rotatable bonds is 2. The second-order valence-corrected chi connectivity index (χ2v) is 4.37. The zero-order valence-corrected chi connectivity index (χ0v) is 9.37. The molecule has 0 radical (unpaired) electrons. The Hall–Kier alpha value is -1.32. The van der Waals surface area contributed by atoms with Crippen molar-refractivity contribution in [3.63, 3.8) is 0 Å². The summed E-state index contributed by atoms with van der Waals surface area (Å²) in [5.41, 5.74) is 1.85. The predicted octanol–water partition coefficient (Wildman–Crippen LogP) is 2.68. The third-order valence-electron chi connectivity index (χ3n) is 2.77. The third kappa shape index (κ3) is 1.72. The van der Waals surface area contributed by atoms with Crippen molar-refractivity contribution in [2.24, 2.45) is 0 Å². The van der Waals surface area contributed by atoms with Crippen LogP contribution in [0.15, 0.2) is 34.9 Å². The van der Waals surface area contributed by atoms with E-state index in [1.165, 1.54) is 0 Å². The summed E-state index contributed by atoms with van der Waals surface area (Å²) in [7, 11) is 0. The Balaban J connectivity index is 1.91. The quantitative estimate of drug-likeness (QED) is 0.868. The van der Waals surface area contributed by atoms with Crippen LogP contribution in [-0.2, 0) is 0 Å². The van der Waals surface area contributed by atoms with Gasteiger partial charge in [0.1, 0.15) is 12.0 Å². The van der Waals surface area contributed by atoms with Crippen molar-refractivity contribution in [3.05, 3.63) is 41.4 Å². The van der Waals surface area contributed by atoms with E-state index in [0.717, 1.165) is 30.2 Å². The van der Waals surface area contributed by atoms with Gasteiger partial charge in [0.15, 0.2) is 5.89 Å². The fourth-order valence-corrected chi connectivity index (χ4v) is 1.91. The van der Waals surface area contributed by atoms with Gasteiger partial charge in [-0.05, 0) is 12.1 Å². The summed E-state index contributed by atoms with van der Waals surface area (Å²) < 4.78 is 5.47. The summed E-state index contributed by atoms with van der Waals surface area (Å²) in [4.78, 5) is 4.48. The number of hydrogen-bond donors (Lipinski definition) is 1. The van der Waals surface area contributed by atoms with E-state index in [1.54, 1.807) is 6.26 Å². The van der Waals surface area contributed by atoms with Crippen molar-refractivity contribution in [1.82, 2.24) is 10.3 Å². The lowest BCUT2D eigenvalue weighted by atomic mass is 10.0. The molecule has 1 N–H and O–H groups in total. The Morgan fingerprint density at radius 2 is 2.25 bits per heavy atom. The number of hydrogen-bond acceptors (Lipinski definition) is 3. The average molecular weight is 235 g/mol. The molecule has 1 aliphatic rings. The smallest absolute Gasteiger partial charge is 0.200 e. The van der Waals surface area contributed by atoms with Gasteiger partial charge in [0.05, 0.1) is 5.92 Å². The lowest BCUT2D eigenvalue weighted by molar-refractivity contribution is 0.357. The van der Waals surface area contributed by atoms with Crippen LogP contribution in [0.5, 0.6) is 0 Å². The first-order chi connectivity index (χ1) is 7.83. The van der Waals surface area contributed by atoms with Crippen molar-refractivity contribution in [2.45, 2.75) is 5.92 Å². The lowest BCUT2D eigenvalue weighted by Gasteiger charge is -2.23. The molecule has 1 fully saturated rings. The third-order valence-corrected chi connectivity index (χ3v) is 3.01. The molecule has 4 heteroatoms. The number of benzene rings is 1. The van der Waals surface area contributed by atoms with Gasteiger partial charge in [0, 0.05) is 23.7 Å². The van der Waals surface area contributed by atoms with Gasteiger partial charge in [0.2, 0.25) is 0 Å². The first kappa shape index (κ1) is 9.87. The van der Waals surface area contributed by atoms with Gasteiger partial charge in [0.25, 0.3) is 0 Å². The van der Waals surface area contributed by atoms with Gasteiger partial charge in [-0.25, -0.2) is 4.98 Å². The molecule has 82 valence electrons. The minimum absolute atomic E-state index is 0.424. The first-order valence-electron chi connectivity index (χ1n) is 5.25. The molecular weight excluding hydrogens is 224 g/mol. The monoisotopic (exact) mass is 234 g/mol. The Kier molecular flexibility index (Phi) is 2.42. The molecule has 3 rings (SSSR count). The van der Waals surface area contributed by atoms with E-state index < -0.39 is 0 Å². The van der Waals surface area contributed by atoms with Crippen molar-refractivity contribution in [1.29, 1.82) is 0 Å². The van der Waals surface area contributed by atoms with Crippen molar-refractivity contribution in [3.8, 4) is 11.3 Å². The minimum atomic E-state index is 0.424. The number of halogens is 1. The van der Waals surface area contributed by atoms with E-state index in [2.05, 4.69) is 10.3 Å². The molecule has 1 aliphatic heterocycles. The summed E-state index contributed by atoms with van der Waals surface area (Å²) in [5.74, 6) is 1.24. The number of oxazole rings is 1. The van der Waals surface area contributed by atoms with Crippen LogP contribution in [0.2, 0.25) is 5.02 Å². The van der Waals surface area contributed by atoms with E-state index in [9.17, 15) is 0 Å². The number of nitrogens with one attached hydrogen (secondary N) is 1. The molecular formula is C12H11ClN2O. The maximum Gasteiger partial charge on any atom is 0.200 e. The molecule has 0 amide bonds. The van der Waals surface area contributed by atoms with Crippen molar-refractivity contribution < 1.29 is 4.42 Å². The van der Waals surface area contributed by atoms with Crippen LogP contribution in [0.3, 0.4) is 0 Å². The molecule has 0 bridgehead atoms. The molecule has 0 aliphatic carbocycles. The summed E-state index contributed by atoms with van der Waals surface area (Å²) in [6, 6.07) is 7.63. The molecule has 0 atom stereocenters. The summed E-state index contributed by atoms with van der Waals surface area (Å²) in [6.45, 7) is 1.91. The second kappa shape index (κ2) is 3.92. The van der Waals surface area contributed by atoms with Gasteiger partial charge in [-0.2, -0.15) is 0 Å². The fourth-order valence-electron chi connectivity index (χ4n) is 1.72. The van der Waals surface area contributed by atoms with Gasteiger partial charge < -0.3 is 9.73 Å². The maximum atomic E-state index is 5.93. The maximum absolute atomic E-state index is 5.93. The van der Waals surface area contributed by atoms with E-state index in [4.69, 9.17) is 16.0 Å². The molecule has 1 aromatic carbocycles. The summed E-state index contributed by atoms with van der Waals surface area (Å²) in [5, 5.41) is 3.91. The molecule has 3 nitrogen and oxygen atoms in total. The van der Waals surface area contributed by atoms with Crippen molar-refractivity contribution in [2.75, 3.05) is 13.1 Å². The van der Waals surface area contributed by atoms with Crippen LogP contribution in [0.1, 0.15) is 11.8 Å². The van der Waals surface area contributed by atoms with E-state index >= 15 is 0 Å². The highest BCUT2D eigenvalue weighted by Crippen LogP contribution is 2.25. The normalized spacial score (nSPS) is 16.1. The SMILES string of the molecule is Clc1cccc(-c2coc(C3CNC3)n2)c1. The number of aromatic nitrogens is 1. The largest absolute Gasteiger partial charge is 0.448 e. The highest BCUT2D eigenvalue weighted by molar-refractivity contribution is 6.30. The Morgan fingerprint density at radius 3 is 2.94 bits per heavy atom. The molecule has 16 heavy (non-hydrogen) atoms. The lowest BCUT2D eigenvalue weighted by Crippen LogP contribution is -2.40. The zero-order chi connectivity index (χ0) is 11.0. The Bertz CT molecular complexity index is 505. The molecule has 0 unspecified atom stereocenters. The van der Waals surface area contributed by atoms with Gasteiger partial charge in [-0.1, -0.05) is 23.7 Å². The van der Waals surface area contributed by atoms with E-state index in [1.807, 2.05) is 24.3 Å². The average Bonchev–Trinajstić information content (AvgIpc) is 2.64. The molecule has 0 spiro atoms. The summed E-state index contributed by atoms with van der Waals surface area (Å²) >= 11 is 5.93. The minimum Gasteiger partial charge on any atom is -0.448 e. The second-order valence-electron chi connectivity index (χ2n) is 3.94. The highest BCUT2D eigenvalue weighted by atomic mass is 35.5. The zero-order valence-electron chi connectivity index (χ0n) is 8.61. The van der Waals surface area contributed by atoms with Crippen LogP contribution in [0.25, 0.3) is 11.3 Å². The molecule has 1 aromatic heterocycles. The van der Waals surface area contributed by atoms with Gasteiger partial charge in [-0.3, -0.25) is 0 Å². The molecule has 1 saturated heterocycles.